The van der Waals surface area contributed by atoms with Gasteiger partial charge in [0.1, 0.15) is 5.82 Å². The summed E-state index contributed by atoms with van der Waals surface area (Å²) in [6.45, 7) is 23.3. The van der Waals surface area contributed by atoms with Gasteiger partial charge in [-0.2, -0.15) is 15.3 Å². The summed E-state index contributed by atoms with van der Waals surface area (Å²) in [6.07, 6.45) is 9.03. The molecule has 0 radical (unpaired) electrons. The number of aromatic nitrogens is 2. The Hall–Kier alpha value is -3.41. The molecule has 0 spiro atoms. The molecule has 3 rings (SSSR count). The highest BCUT2D eigenvalue weighted by molar-refractivity contribution is 5.75. The number of para-hydroxylation sites is 1. The van der Waals surface area contributed by atoms with Gasteiger partial charge in [-0.3, -0.25) is 0 Å². The highest BCUT2D eigenvalue weighted by Crippen LogP contribution is 2.32. The predicted molar refractivity (Wildman–Crippen MR) is 140 cm³/mol. The number of rotatable bonds is 9. The number of hydrogen-bond acceptors (Lipinski definition) is 5. The van der Waals surface area contributed by atoms with Gasteiger partial charge in [0.15, 0.2) is 0 Å². The van der Waals surface area contributed by atoms with Crippen LogP contribution >= 0.6 is 0 Å². The minimum Gasteiger partial charge on any atom is -0.371 e. The Morgan fingerprint density at radius 1 is 1.28 bits per heavy atom. The predicted octanol–water partition coefficient (Wildman–Crippen LogP) is 6.08. The molecule has 6 heteroatoms. The second-order valence-corrected chi connectivity index (χ2v) is 7.38. The van der Waals surface area contributed by atoms with Gasteiger partial charge in [-0.05, 0) is 43.9 Å². The van der Waals surface area contributed by atoms with Gasteiger partial charge in [0, 0.05) is 44.2 Å². The van der Waals surface area contributed by atoms with Crippen molar-refractivity contribution >= 4 is 37.0 Å². The van der Waals surface area contributed by atoms with Crippen LogP contribution in [0.15, 0.2) is 53.7 Å². The zero-order valence-corrected chi connectivity index (χ0v) is 19.7. The number of likely N-dealkylation sites (tertiary alicyclic amines) is 1. The maximum atomic E-state index is 4.72. The highest BCUT2D eigenvalue weighted by Gasteiger charge is 2.24. The van der Waals surface area contributed by atoms with Gasteiger partial charge >= 0.3 is 0 Å². The van der Waals surface area contributed by atoms with E-state index in [0.717, 1.165) is 60.1 Å². The van der Waals surface area contributed by atoms with Crippen molar-refractivity contribution in [1.82, 2.24) is 14.9 Å². The van der Waals surface area contributed by atoms with E-state index in [0.29, 0.717) is 5.92 Å². The maximum Gasteiger partial charge on any atom is 0.107 e. The third-order valence-electron chi connectivity index (χ3n) is 5.42. The number of nitrogens with zero attached hydrogens (tertiary/aromatic N) is 5. The van der Waals surface area contributed by atoms with Gasteiger partial charge in [0.2, 0.25) is 0 Å². The molecule has 1 N–H and O–H groups in total. The molecule has 0 aliphatic carbocycles. The van der Waals surface area contributed by atoms with E-state index in [1.54, 1.807) is 6.08 Å². The number of hydrazone groups is 2. The van der Waals surface area contributed by atoms with Gasteiger partial charge in [0.25, 0.3) is 0 Å². The molecule has 2 heterocycles. The minimum atomic E-state index is 0.496. The van der Waals surface area contributed by atoms with Crippen molar-refractivity contribution < 1.29 is 0 Å². The van der Waals surface area contributed by atoms with Crippen LogP contribution in [0.5, 0.6) is 0 Å². The molecule has 0 bridgehead atoms. The normalized spacial score (nSPS) is 15.6. The summed E-state index contributed by atoms with van der Waals surface area (Å²) in [6, 6.07) is 7.94. The zero-order valence-electron chi connectivity index (χ0n) is 19.7. The monoisotopic (exact) mass is 432 g/mol. The first-order valence-electron chi connectivity index (χ1n) is 11.2. The van der Waals surface area contributed by atoms with E-state index < -0.39 is 0 Å². The SMILES string of the molecule is C=Cc1nc(CC2CCCN(C(=C)c3ccccc3N(N=C)N=C)C2)[nH]c1/C=C\C.CC. The minimum absolute atomic E-state index is 0.496. The smallest absolute Gasteiger partial charge is 0.107 e. The van der Waals surface area contributed by atoms with Gasteiger partial charge < -0.3 is 9.88 Å². The lowest BCUT2D eigenvalue weighted by atomic mass is 9.93. The summed E-state index contributed by atoms with van der Waals surface area (Å²) < 4.78 is 0. The molecule has 170 valence electrons. The summed E-state index contributed by atoms with van der Waals surface area (Å²) >= 11 is 0. The number of anilines is 1. The Morgan fingerprint density at radius 3 is 2.66 bits per heavy atom. The van der Waals surface area contributed by atoms with E-state index in [1.807, 2.05) is 57.2 Å². The lowest BCUT2D eigenvalue weighted by Crippen LogP contribution is -2.35. The lowest BCUT2D eigenvalue weighted by Gasteiger charge is -2.36. The van der Waals surface area contributed by atoms with Gasteiger partial charge in [-0.25, -0.2) is 4.98 Å². The summed E-state index contributed by atoms with van der Waals surface area (Å²) in [5.74, 6) is 1.50. The molecule has 1 atom stereocenters. The largest absolute Gasteiger partial charge is 0.371 e. The fourth-order valence-corrected chi connectivity index (χ4v) is 4.01. The summed E-state index contributed by atoms with van der Waals surface area (Å²) in [5.41, 5.74) is 4.70. The number of nitrogens with one attached hydrogen (secondary N) is 1. The number of H-pyrrole nitrogens is 1. The molecule has 32 heavy (non-hydrogen) atoms. The van der Waals surface area contributed by atoms with Crippen LogP contribution in [0.1, 0.15) is 56.4 Å². The Kier molecular flexibility index (Phi) is 9.67. The van der Waals surface area contributed by atoms with Crippen molar-refractivity contribution in [3.05, 3.63) is 66.3 Å². The van der Waals surface area contributed by atoms with E-state index in [2.05, 4.69) is 46.7 Å². The molecular formula is C26H36N6. The van der Waals surface area contributed by atoms with Gasteiger partial charge in [0.05, 0.1) is 17.1 Å². The molecule has 1 saturated heterocycles. The fourth-order valence-electron chi connectivity index (χ4n) is 4.01. The molecule has 6 nitrogen and oxygen atoms in total. The summed E-state index contributed by atoms with van der Waals surface area (Å²) in [7, 11) is 0. The molecule has 1 aromatic heterocycles. The van der Waals surface area contributed by atoms with Crippen LogP contribution in [0.25, 0.3) is 17.8 Å². The molecule has 1 unspecified atom stereocenters. The van der Waals surface area contributed by atoms with Crippen LogP contribution in [0.3, 0.4) is 0 Å². The van der Waals surface area contributed by atoms with Crippen molar-refractivity contribution in [2.24, 2.45) is 16.1 Å². The number of allylic oxidation sites excluding steroid dienone is 1. The first kappa shape index (κ1) is 24.9. The second kappa shape index (κ2) is 12.4. The Morgan fingerprint density at radius 2 is 2.00 bits per heavy atom. The van der Waals surface area contributed by atoms with E-state index in [4.69, 9.17) is 4.98 Å². The third kappa shape index (κ3) is 5.84. The van der Waals surface area contributed by atoms with Crippen molar-refractivity contribution in [3.63, 3.8) is 0 Å². The van der Waals surface area contributed by atoms with Crippen LogP contribution in [0.4, 0.5) is 5.69 Å². The Balaban J connectivity index is 0.00000176. The molecule has 1 aromatic carbocycles. The molecule has 1 aliphatic rings. The maximum absolute atomic E-state index is 4.72. The van der Waals surface area contributed by atoms with E-state index in [9.17, 15) is 0 Å². The van der Waals surface area contributed by atoms with Crippen molar-refractivity contribution in [2.75, 3.05) is 18.2 Å². The molecule has 1 aliphatic heterocycles. The van der Waals surface area contributed by atoms with Crippen LogP contribution in [0.2, 0.25) is 0 Å². The number of hydrogen-bond donors (Lipinski definition) is 1. The highest BCUT2D eigenvalue weighted by atomic mass is 15.7. The van der Waals surface area contributed by atoms with Crippen LogP contribution in [-0.4, -0.2) is 41.4 Å². The van der Waals surface area contributed by atoms with E-state index in [-0.39, 0.29) is 0 Å². The number of benzene rings is 1. The molecular weight excluding hydrogens is 396 g/mol. The first-order chi connectivity index (χ1) is 15.6. The quantitative estimate of drug-likeness (QED) is 0.386. The Bertz CT molecular complexity index is 947. The standard InChI is InChI=1S/C24H30N6.C2H6/c1-6-11-22-21(7-2)27-24(28-22)16-19-12-10-15-29(17-19)18(3)20-13-8-9-14-23(20)30(25-4)26-5;1-2/h6-9,11,13-14,19H,2-5,10,12,15-17H2,1H3,(H,27,28);1-2H3/b11-6-;. The molecule has 0 amide bonds. The van der Waals surface area contributed by atoms with E-state index in [1.165, 1.54) is 11.5 Å². The fraction of sp³-hybridized carbons (Fsp3) is 0.346. The summed E-state index contributed by atoms with van der Waals surface area (Å²) in [5, 5.41) is 9.31. The van der Waals surface area contributed by atoms with Crippen LogP contribution < -0.4 is 5.12 Å². The molecule has 0 saturated carbocycles. The van der Waals surface area contributed by atoms with Crippen molar-refractivity contribution in [2.45, 2.75) is 40.0 Å². The molecule has 1 fully saturated rings. The topological polar surface area (TPSA) is 59.9 Å². The average molecular weight is 433 g/mol. The second-order valence-electron chi connectivity index (χ2n) is 7.38. The van der Waals surface area contributed by atoms with Crippen LogP contribution in [0, 0.1) is 5.92 Å². The first-order valence-corrected chi connectivity index (χ1v) is 11.2. The average Bonchev–Trinajstić information content (AvgIpc) is 3.22. The van der Waals surface area contributed by atoms with Gasteiger partial charge in [-0.15, -0.1) is 0 Å². The molecule has 2 aromatic rings. The zero-order chi connectivity index (χ0) is 23.5. The van der Waals surface area contributed by atoms with Gasteiger partial charge in [-0.1, -0.05) is 51.3 Å². The number of imidazole rings is 1. The lowest BCUT2D eigenvalue weighted by molar-refractivity contribution is 0.244. The number of aromatic amines is 1. The van der Waals surface area contributed by atoms with Crippen molar-refractivity contribution in [3.8, 4) is 0 Å². The van der Waals surface area contributed by atoms with Crippen molar-refractivity contribution in [1.29, 1.82) is 0 Å². The van der Waals surface area contributed by atoms with E-state index >= 15 is 0 Å². The number of piperidine rings is 1. The third-order valence-corrected chi connectivity index (χ3v) is 5.42. The summed E-state index contributed by atoms with van der Waals surface area (Å²) in [4.78, 5) is 10.5. The Labute approximate surface area is 192 Å². The van der Waals surface area contributed by atoms with Crippen LogP contribution in [-0.2, 0) is 6.42 Å².